The van der Waals surface area contributed by atoms with Crippen LogP contribution >= 0.6 is 0 Å². The summed E-state index contributed by atoms with van der Waals surface area (Å²) >= 11 is 0. The number of esters is 3. The van der Waals surface area contributed by atoms with Crippen molar-refractivity contribution in [1.82, 2.24) is 0 Å². The van der Waals surface area contributed by atoms with E-state index in [1.165, 1.54) is 212 Å². The SMILES string of the molecule is CC/C=C\C/C=C\C/C=C\C/C=C\CCCCCCC(=O)OC(COC(=O)CCCCCCCCCCCC)COC(=O)CCCCCCCCCCCCCCCCCCCCCCCCCCCCCCC. The number of allylic oxidation sites excluding steroid dienone is 8. The van der Waals surface area contributed by atoms with Gasteiger partial charge in [0.25, 0.3) is 0 Å². The van der Waals surface area contributed by atoms with Crippen molar-refractivity contribution >= 4 is 17.9 Å². The molecule has 0 aliphatic rings. The molecule has 0 bridgehead atoms. The van der Waals surface area contributed by atoms with E-state index < -0.39 is 6.10 Å². The fraction of sp³-hybridized carbons (Fsp3) is 0.838. The van der Waals surface area contributed by atoms with Crippen molar-refractivity contribution in [3.05, 3.63) is 48.6 Å². The van der Waals surface area contributed by atoms with Gasteiger partial charge in [-0.25, -0.2) is 0 Å². The Morgan fingerprint density at radius 2 is 0.527 bits per heavy atom. The molecule has 0 saturated heterocycles. The van der Waals surface area contributed by atoms with E-state index in [0.29, 0.717) is 19.3 Å². The minimum absolute atomic E-state index is 0.0788. The van der Waals surface area contributed by atoms with E-state index in [0.717, 1.165) is 96.3 Å². The zero-order valence-electron chi connectivity index (χ0n) is 49.6. The third kappa shape index (κ3) is 60.2. The number of hydrogen-bond acceptors (Lipinski definition) is 6. The molecule has 432 valence electrons. The lowest BCUT2D eigenvalue weighted by molar-refractivity contribution is -0.167. The van der Waals surface area contributed by atoms with Gasteiger partial charge in [0.15, 0.2) is 6.10 Å². The number of hydrogen-bond donors (Lipinski definition) is 0. The van der Waals surface area contributed by atoms with E-state index in [4.69, 9.17) is 14.2 Å². The van der Waals surface area contributed by atoms with Crippen LogP contribution in [0.25, 0.3) is 0 Å². The topological polar surface area (TPSA) is 78.9 Å². The molecule has 6 nitrogen and oxygen atoms in total. The highest BCUT2D eigenvalue weighted by atomic mass is 16.6. The van der Waals surface area contributed by atoms with Crippen molar-refractivity contribution in [3.8, 4) is 0 Å². The summed E-state index contributed by atoms with van der Waals surface area (Å²) in [5.74, 6) is -0.885. The highest BCUT2D eigenvalue weighted by Crippen LogP contribution is 2.18. The maximum Gasteiger partial charge on any atom is 0.306 e. The molecular weight excluding hydrogens is 913 g/mol. The summed E-state index contributed by atoms with van der Waals surface area (Å²) in [6, 6.07) is 0. The van der Waals surface area contributed by atoms with Crippen molar-refractivity contribution < 1.29 is 28.6 Å². The molecule has 1 atom stereocenters. The molecule has 1 unspecified atom stereocenters. The number of ether oxygens (including phenoxy) is 3. The van der Waals surface area contributed by atoms with Crippen molar-refractivity contribution in [2.45, 2.75) is 354 Å². The van der Waals surface area contributed by atoms with E-state index in [1.807, 2.05) is 0 Å². The Morgan fingerprint density at radius 1 is 0.284 bits per heavy atom. The third-order valence-electron chi connectivity index (χ3n) is 14.6. The Morgan fingerprint density at radius 3 is 0.824 bits per heavy atom. The van der Waals surface area contributed by atoms with E-state index in [1.54, 1.807) is 0 Å². The van der Waals surface area contributed by atoms with Gasteiger partial charge < -0.3 is 14.2 Å². The van der Waals surface area contributed by atoms with Gasteiger partial charge in [-0.05, 0) is 57.8 Å². The van der Waals surface area contributed by atoms with Gasteiger partial charge in [0.1, 0.15) is 13.2 Å². The largest absolute Gasteiger partial charge is 0.462 e. The molecular formula is C68H124O6. The van der Waals surface area contributed by atoms with Crippen molar-refractivity contribution in [1.29, 1.82) is 0 Å². The third-order valence-corrected chi connectivity index (χ3v) is 14.6. The van der Waals surface area contributed by atoms with Crippen LogP contribution in [0.3, 0.4) is 0 Å². The molecule has 0 aromatic heterocycles. The van der Waals surface area contributed by atoms with Crippen LogP contribution in [0.4, 0.5) is 0 Å². The predicted molar refractivity (Wildman–Crippen MR) is 321 cm³/mol. The van der Waals surface area contributed by atoms with E-state index in [9.17, 15) is 14.4 Å². The number of carbonyl (C=O) groups is 3. The second kappa shape index (κ2) is 62.9. The highest BCUT2D eigenvalue weighted by Gasteiger charge is 2.19. The molecule has 0 N–H and O–H groups in total. The summed E-state index contributed by atoms with van der Waals surface area (Å²) in [7, 11) is 0. The molecule has 0 amide bonds. The van der Waals surface area contributed by atoms with Gasteiger partial charge in [0, 0.05) is 19.3 Å². The van der Waals surface area contributed by atoms with Crippen molar-refractivity contribution in [2.75, 3.05) is 13.2 Å². The molecule has 0 spiro atoms. The zero-order valence-corrected chi connectivity index (χ0v) is 49.6. The first-order valence-corrected chi connectivity index (χ1v) is 32.6. The highest BCUT2D eigenvalue weighted by molar-refractivity contribution is 5.71. The average Bonchev–Trinajstić information content (AvgIpc) is 3.40. The van der Waals surface area contributed by atoms with Gasteiger partial charge in [-0.3, -0.25) is 14.4 Å². The van der Waals surface area contributed by atoms with Gasteiger partial charge in [-0.1, -0.05) is 320 Å². The van der Waals surface area contributed by atoms with Crippen molar-refractivity contribution in [3.63, 3.8) is 0 Å². The van der Waals surface area contributed by atoms with Crippen LogP contribution in [0.15, 0.2) is 48.6 Å². The lowest BCUT2D eigenvalue weighted by Gasteiger charge is -2.18. The molecule has 0 radical (unpaired) electrons. The molecule has 0 rings (SSSR count). The van der Waals surface area contributed by atoms with Gasteiger partial charge in [-0.2, -0.15) is 0 Å². The van der Waals surface area contributed by atoms with Crippen LogP contribution in [-0.4, -0.2) is 37.2 Å². The zero-order chi connectivity index (χ0) is 53.6. The first-order chi connectivity index (χ1) is 36.5. The number of carbonyl (C=O) groups excluding carboxylic acids is 3. The van der Waals surface area contributed by atoms with Crippen LogP contribution in [0.5, 0.6) is 0 Å². The maximum absolute atomic E-state index is 12.9. The Kier molecular flexibility index (Phi) is 60.7. The van der Waals surface area contributed by atoms with Crippen LogP contribution in [0.2, 0.25) is 0 Å². The van der Waals surface area contributed by atoms with Gasteiger partial charge in [0.05, 0.1) is 0 Å². The lowest BCUT2D eigenvalue weighted by atomic mass is 10.0. The first kappa shape index (κ1) is 71.4. The van der Waals surface area contributed by atoms with Gasteiger partial charge >= 0.3 is 17.9 Å². The monoisotopic (exact) mass is 1040 g/mol. The Hall–Kier alpha value is -2.63. The van der Waals surface area contributed by atoms with Crippen LogP contribution in [0, 0.1) is 0 Å². The summed E-state index contributed by atoms with van der Waals surface area (Å²) in [6.07, 6.45) is 78.6. The second-order valence-corrected chi connectivity index (χ2v) is 22.0. The quantitative estimate of drug-likeness (QED) is 0.0261. The molecule has 0 aromatic rings. The number of rotatable bonds is 60. The fourth-order valence-electron chi connectivity index (χ4n) is 9.73. The average molecular weight is 1040 g/mol. The molecule has 74 heavy (non-hydrogen) atoms. The summed E-state index contributed by atoms with van der Waals surface area (Å²) in [6.45, 7) is 6.54. The van der Waals surface area contributed by atoms with E-state index in [2.05, 4.69) is 69.4 Å². The molecule has 0 fully saturated rings. The summed E-state index contributed by atoms with van der Waals surface area (Å²) in [4.78, 5) is 38.2. The molecule has 6 heteroatoms. The lowest BCUT2D eigenvalue weighted by Crippen LogP contribution is -2.30. The smallest absolute Gasteiger partial charge is 0.306 e. The van der Waals surface area contributed by atoms with Crippen LogP contribution in [0.1, 0.15) is 348 Å². The summed E-state index contributed by atoms with van der Waals surface area (Å²) in [5.41, 5.74) is 0. The molecule has 0 aliphatic carbocycles. The Labute approximate surface area is 460 Å². The summed E-state index contributed by atoms with van der Waals surface area (Å²) in [5, 5.41) is 0. The second-order valence-electron chi connectivity index (χ2n) is 22.0. The Bertz CT molecular complexity index is 1280. The number of unbranched alkanes of at least 4 members (excludes halogenated alkanes) is 41. The Balaban J connectivity index is 4.13. The maximum atomic E-state index is 12.9. The fourth-order valence-corrected chi connectivity index (χ4v) is 9.73. The normalized spacial score (nSPS) is 12.3. The first-order valence-electron chi connectivity index (χ1n) is 32.6. The molecule has 0 saturated carbocycles. The van der Waals surface area contributed by atoms with E-state index >= 15 is 0 Å². The minimum atomic E-state index is -0.783. The molecule has 0 aliphatic heterocycles. The molecule has 0 aromatic carbocycles. The van der Waals surface area contributed by atoms with Crippen molar-refractivity contribution in [2.24, 2.45) is 0 Å². The standard InChI is InChI=1S/C68H124O6/c1-4-7-10-13-16-19-22-24-26-28-29-30-31-32-33-34-35-36-37-38-39-41-42-44-46-49-52-55-58-61-67(70)73-64-65(63-72-66(69)60-57-54-51-48-21-18-15-12-9-6-3)74-68(71)62-59-56-53-50-47-45-43-40-27-25-23-20-17-14-11-8-5-2/h8,11,17,20,25,27,43,45,65H,4-7,9-10,12-16,18-19,21-24,26,28-42,44,46-64H2,1-3H3/b11-8-,20-17-,27-25-,45-43-. The van der Waals surface area contributed by atoms with Crippen LogP contribution < -0.4 is 0 Å². The summed E-state index contributed by atoms with van der Waals surface area (Å²) < 4.78 is 16.9. The van der Waals surface area contributed by atoms with Gasteiger partial charge in [-0.15, -0.1) is 0 Å². The molecule has 0 heterocycles. The van der Waals surface area contributed by atoms with E-state index in [-0.39, 0.29) is 31.1 Å². The van der Waals surface area contributed by atoms with Crippen LogP contribution in [-0.2, 0) is 28.6 Å². The predicted octanol–water partition coefficient (Wildman–Crippen LogP) is 22.2. The minimum Gasteiger partial charge on any atom is -0.462 e. The van der Waals surface area contributed by atoms with Gasteiger partial charge in [0.2, 0.25) is 0 Å².